The SMILES string of the molecule is CC(C)NCc1nc(C2CSC(C)C(C)S2)no1. The van der Waals surface area contributed by atoms with Gasteiger partial charge in [-0.25, -0.2) is 0 Å². The minimum atomic E-state index is 0.373. The Labute approximate surface area is 117 Å². The lowest BCUT2D eigenvalue weighted by Gasteiger charge is -2.29. The second-order valence-corrected chi connectivity index (χ2v) is 7.95. The Morgan fingerprint density at radius 1 is 1.39 bits per heavy atom. The molecule has 0 bridgehead atoms. The van der Waals surface area contributed by atoms with Gasteiger partial charge in [0.05, 0.1) is 11.8 Å². The van der Waals surface area contributed by atoms with E-state index in [2.05, 4.69) is 43.2 Å². The molecule has 1 aromatic heterocycles. The predicted molar refractivity (Wildman–Crippen MR) is 78.0 cm³/mol. The molecule has 0 aromatic carbocycles. The van der Waals surface area contributed by atoms with Gasteiger partial charge >= 0.3 is 0 Å². The quantitative estimate of drug-likeness (QED) is 0.919. The van der Waals surface area contributed by atoms with Crippen LogP contribution in [-0.2, 0) is 6.54 Å². The molecule has 3 atom stereocenters. The second-order valence-electron chi connectivity index (χ2n) is 4.95. The van der Waals surface area contributed by atoms with Gasteiger partial charge in [-0.2, -0.15) is 16.7 Å². The van der Waals surface area contributed by atoms with Crippen molar-refractivity contribution in [3.63, 3.8) is 0 Å². The maximum Gasteiger partial charge on any atom is 0.240 e. The van der Waals surface area contributed by atoms with Gasteiger partial charge in [0, 0.05) is 22.3 Å². The summed E-state index contributed by atoms with van der Waals surface area (Å²) in [6.07, 6.45) is 0. The van der Waals surface area contributed by atoms with Crippen LogP contribution in [-0.4, -0.2) is 32.4 Å². The Balaban J connectivity index is 1.93. The van der Waals surface area contributed by atoms with Crippen LogP contribution in [0.3, 0.4) is 0 Å². The summed E-state index contributed by atoms with van der Waals surface area (Å²) >= 11 is 3.96. The third kappa shape index (κ3) is 3.65. The number of hydrogen-bond acceptors (Lipinski definition) is 6. The highest BCUT2D eigenvalue weighted by atomic mass is 32.2. The molecular formula is C12H21N3OS2. The Bertz CT molecular complexity index is 383. The number of thioether (sulfide) groups is 2. The van der Waals surface area contributed by atoms with Gasteiger partial charge < -0.3 is 9.84 Å². The van der Waals surface area contributed by atoms with Crippen molar-refractivity contribution in [1.29, 1.82) is 0 Å². The number of nitrogens with zero attached hydrogens (tertiary/aromatic N) is 2. The molecular weight excluding hydrogens is 266 g/mol. The predicted octanol–water partition coefficient (Wildman–Crippen LogP) is 2.87. The average molecular weight is 287 g/mol. The molecule has 0 aliphatic carbocycles. The summed E-state index contributed by atoms with van der Waals surface area (Å²) in [6, 6.07) is 0.431. The van der Waals surface area contributed by atoms with E-state index in [0.717, 1.165) is 11.6 Å². The molecule has 2 rings (SSSR count). The van der Waals surface area contributed by atoms with Gasteiger partial charge in [-0.15, -0.1) is 11.8 Å². The minimum absolute atomic E-state index is 0.373. The Hall–Kier alpha value is -0.200. The van der Waals surface area contributed by atoms with Gasteiger partial charge in [-0.3, -0.25) is 0 Å². The van der Waals surface area contributed by atoms with Gasteiger partial charge in [0.1, 0.15) is 0 Å². The van der Waals surface area contributed by atoms with E-state index in [1.807, 2.05) is 23.5 Å². The van der Waals surface area contributed by atoms with E-state index in [9.17, 15) is 0 Å². The summed E-state index contributed by atoms with van der Waals surface area (Å²) in [4.78, 5) is 4.49. The van der Waals surface area contributed by atoms with Gasteiger partial charge in [-0.1, -0.05) is 32.9 Å². The first-order valence-electron chi connectivity index (χ1n) is 6.39. The molecule has 0 saturated carbocycles. The van der Waals surface area contributed by atoms with Crippen molar-refractivity contribution in [2.24, 2.45) is 0 Å². The molecule has 102 valence electrons. The Kier molecular flexibility index (Phi) is 4.98. The Morgan fingerprint density at radius 2 is 2.17 bits per heavy atom. The fourth-order valence-electron chi connectivity index (χ4n) is 1.68. The summed E-state index contributed by atoms with van der Waals surface area (Å²) in [5.41, 5.74) is 0. The van der Waals surface area contributed by atoms with Crippen LogP contribution in [0, 0.1) is 0 Å². The molecule has 3 unspecified atom stereocenters. The monoisotopic (exact) mass is 287 g/mol. The normalized spacial score (nSPS) is 28.8. The third-order valence-corrected chi connectivity index (χ3v) is 6.37. The minimum Gasteiger partial charge on any atom is -0.338 e. The first-order valence-corrected chi connectivity index (χ1v) is 8.38. The van der Waals surface area contributed by atoms with E-state index in [0.29, 0.717) is 34.2 Å². The smallest absolute Gasteiger partial charge is 0.240 e. The van der Waals surface area contributed by atoms with E-state index >= 15 is 0 Å². The molecule has 1 fully saturated rings. The van der Waals surface area contributed by atoms with Gasteiger partial charge in [-0.05, 0) is 0 Å². The molecule has 0 radical (unpaired) electrons. The highest BCUT2D eigenvalue weighted by Gasteiger charge is 2.29. The van der Waals surface area contributed by atoms with E-state index in [4.69, 9.17) is 4.52 Å². The number of nitrogens with one attached hydrogen (secondary N) is 1. The second kappa shape index (κ2) is 6.30. The zero-order valence-corrected chi connectivity index (χ0v) is 13.0. The molecule has 1 aliphatic heterocycles. The van der Waals surface area contributed by atoms with Crippen LogP contribution in [0.4, 0.5) is 0 Å². The molecule has 4 nitrogen and oxygen atoms in total. The summed E-state index contributed by atoms with van der Waals surface area (Å²) in [6.45, 7) is 9.42. The fraction of sp³-hybridized carbons (Fsp3) is 0.833. The maximum absolute atomic E-state index is 5.28. The molecule has 1 aliphatic rings. The van der Waals surface area contributed by atoms with Crippen molar-refractivity contribution in [1.82, 2.24) is 15.5 Å². The van der Waals surface area contributed by atoms with Gasteiger partial charge in [0.25, 0.3) is 0 Å². The van der Waals surface area contributed by atoms with E-state index in [-0.39, 0.29) is 0 Å². The molecule has 1 aromatic rings. The topological polar surface area (TPSA) is 51.0 Å². The largest absolute Gasteiger partial charge is 0.338 e. The molecule has 0 amide bonds. The molecule has 18 heavy (non-hydrogen) atoms. The lowest BCUT2D eigenvalue weighted by atomic mass is 10.3. The van der Waals surface area contributed by atoms with Crippen LogP contribution in [0.1, 0.15) is 44.7 Å². The van der Waals surface area contributed by atoms with Crippen molar-refractivity contribution in [2.75, 3.05) is 5.75 Å². The molecule has 6 heteroatoms. The zero-order chi connectivity index (χ0) is 13.1. The molecule has 1 saturated heterocycles. The van der Waals surface area contributed by atoms with Crippen molar-refractivity contribution < 1.29 is 4.52 Å². The van der Waals surface area contributed by atoms with Crippen LogP contribution >= 0.6 is 23.5 Å². The first kappa shape index (κ1) is 14.2. The van der Waals surface area contributed by atoms with Crippen molar-refractivity contribution in [3.8, 4) is 0 Å². The maximum atomic E-state index is 5.28. The standard InChI is InChI=1S/C12H21N3OS2/c1-7(2)13-5-11-14-12(15-16-11)10-6-17-8(3)9(4)18-10/h7-10,13H,5-6H2,1-4H3. The lowest BCUT2D eigenvalue weighted by Crippen LogP contribution is -2.23. The summed E-state index contributed by atoms with van der Waals surface area (Å²) in [7, 11) is 0. The van der Waals surface area contributed by atoms with E-state index in [1.165, 1.54) is 0 Å². The van der Waals surface area contributed by atoms with Crippen molar-refractivity contribution in [2.45, 2.75) is 56.0 Å². The summed E-state index contributed by atoms with van der Waals surface area (Å²) < 4.78 is 5.28. The number of aromatic nitrogens is 2. The van der Waals surface area contributed by atoms with Crippen LogP contribution in [0.2, 0.25) is 0 Å². The van der Waals surface area contributed by atoms with Crippen LogP contribution in [0.15, 0.2) is 4.52 Å². The van der Waals surface area contributed by atoms with E-state index in [1.54, 1.807) is 0 Å². The Morgan fingerprint density at radius 3 is 2.83 bits per heavy atom. The zero-order valence-electron chi connectivity index (χ0n) is 11.3. The van der Waals surface area contributed by atoms with Crippen molar-refractivity contribution >= 4 is 23.5 Å². The van der Waals surface area contributed by atoms with Crippen LogP contribution in [0.5, 0.6) is 0 Å². The lowest BCUT2D eigenvalue weighted by molar-refractivity contribution is 0.357. The average Bonchev–Trinajstić information content (AvgIpc) is 2.79. The summed E-state index contributed by atoms with van der Waals surface area (Å²) in [5, 5.41) is 9.13. The highest BCUT2D eigenvalue weighted by molar-refractivity contribution is 8.07. The fourth-order valence-corrected chi connectivity index (χ4v) is 4.51. The van der Waals surface area contributed by atoms with Gasteiger partial charge in [0.15, 0.2) is 5.82 Å². The van der Waals surface area contributed by atoms with Crippen molar-refractivity contribution in [3.05, 3.63) is 11.7 Å². The number of rotatable bonds is 4. The highest BCUT2D eigenvalue weighted by Crippen LogP contribution is 2.43. The van der Waals surface area contributed by atoms with E-state index < -0.39 is 0 Å². The third-order valence-electron chi connectivity index (χ3n) is 2.98. The van der Waals surface area contributed by atoms with Crippen LogP contribution < -0.4 is 5.32 Å². The first-order chi connectivity index (χ1) is 8.56. The molecule has 2 heterocycles. The van der Waals surface area contributed by atoms with Crippen LogP contribution in [0.25, 0.3) is 0 Å². The molecule has 0 spiro atoms. The summed E-state index contributed by atoms with van der Waals surface area (Å²) in [5.74, 6) is 2.62. The van der Waals surface area contributed by atoms with Gasteiger partial charge in [0.2, 0.25) is 5.89 Å². The molecule has 1 N–H and O–H groups in total. The number of hydrogen-bond donors (Lipinski definition) is 1.